The predicted molar refractivity (Wildman–Crippen MR) is 156 cm³/mol. The molecule has 1 aromatic heterocycles. The lowest BCUT2D eigenvalue weighted by Crippen LogP contribution is -2.68. The second-order valence-electron chi connectivity index (χ2n) is 10.9. The Morgan fingerprint density at radius 3 is 2.56 bits per heavy atom. The van der Waals surface area contributed by atoms with Gasteiger partial charge in [0.05, 0.1) is 18.0 Å². The minimum absolute atomic E-state index is 0.0696. The van der Waals surface area contributed by atoms with Gasteiger partial charge in [-0.15, -0.1) is 0 Å². The summed E-state index contributed by atoms with van der Waals surface area (Å²) >= 11 is 0. The lowest BCUT2D eigenvalue weighted by molar-refractivity contribution is -0.124. The number of ether oxygens (including phenoxy) is 1. The van der Waals surface area contributed by atoms with E-state index in [0.717, 1.165) is 28.3 Å². The van der Waals surface area contributed by atoms with Crippen molar-refractivity contribution in [3.8, 4) is 22.7 Å². The first-order valence-corrected chi connectivity index (χ1v) is 13.6. The van der Waals surface area contributed by atoms with Crippen LogP contribution in [0.1, 0.15) is 43.9 Å². The van der Waals surface area contributed by atoms with Crippen molar-refractivity contribution in [3.63, 3.8) is 0 Å². The Morgan fingerprint density at radius 2 is 1.82 bits per heavy atom. The largest absolute Gasteiger partial charge is 0.494 e. The monoisotopic (exact) mass is 518 g/mol. The normalized spacial score (nSPS) is 19.6. The number of aryl methyl sites for hydroxylation is 1. The number of amides is 1. The Bertz CT molecular complexity index is 1550. The fourth-order valence-electron chi connectivity index (χ4n) is 6.00. The standard InChI is InChI=1S/C33H34N4O2/c1-5-39-27-14-12-24(13-15-27)31-25(22-37(35-31)26-9-7-6-8-10-26)17-19-33-32(3,4)28-21-23(2)11-16-29(28)36(33)20-18-30(38)34-33/h6-17,19,21-22H,5,18,20H2,1-4H3,(H,34,38)/b19-17+. The van der Waals surface area contributed by atoms with Crippen molar-refractivity contribution >= 4 is 17.7 Å². The topological polar surface area (TPSA) is 59.4 Å². The van der Waals surface area contributed by atoms with Crippen LogP contribution in [-0.4, -0.2) is 34.5 Å². The molecule has 1 fully saturated rings. The van der Waals surface area contributed by atoms with Crippen molar-refractivity contribution < 1.29 is 9.53 Å². The fraction of sp³-hybridized carbons (Fsp3) is 0.273. The lowest BCUT2D eigenvalue weighted by atomic mass is 9.74. The maximum Gasteiger partial charge on any atom is 0.223 e. The summed E-state index contributed by atoms with van der Waals surface area (Å²) in [6.45, 7) is 9.84. The zero-order valence-electron chi connectivity index (χ0n) is 22.9. The predicted octanol–water partition coefficient (Wildman–Crippen LogP) is 6.27. The van der Waals surface area contributed by atoms with Crippen LogP contribution in [0.25, 0.3) is 23.0 Å². The Morgan fingerprint density at radius 1 is 1.05 bits per heavy atom. The molecule has 0 saturated carbocycles. The molecule has 3 aromatic carbocycles. The van der Waals surface area contributed by atoms with E-state index in [-0.39, 0.29) is 11.3 Å². The molecule has 0 spiro atoms. The molecule has 39 heavy (non-hydrogen) atoms. The molecule has 1 N–H and O–H groups in total. The van der Waals surface area contributed by atoms with Crippen LogP contribution in [-0.2, 0) is 10.2 Å². The molecule has 6 nitrogen and oxygen atoms in total. The van der Waals surface area contributed by atoms with Gasteiger partial charge < -0.3 is 15.0 Å². The minimum atomic E-state index is -0.691. The maximum atomic E-state index is 12.9. The summed E-state index contributed by atoms with van der Waals surface area (Å²) in [5.41, 5.74) is 6.43. The van der Waals surface area contributed by atoms with E-state index in [4.69, 9.17) is 9.84 Å². The van der Waals surface area contributed by atoms with Crippen LogP contribution in [0.15, 0.2) is 85.1 Å². The first kappa shape index (κ1) is 25.0. The number of anilines is 1. The van der Waals surface area contributed by atoms with Gasteiger partial charge in [-0.2, -0.15) is 5.10 Å². The highest BCUT2D eigenvalue weighted by Crippen LogP contribution is 2.52. The average molecular weight is 519 g/mol. The van der Waals surface area contributed by atoms with Crippen molar-refractivity contribution in [3.05, 3.63) is 102 Å². The summed E-state index contributed by atoms with van der Waals surface area (Å²) in [6, 6.07) is 24.8. The van der Waals surface area contributed by atoms with Crippen molar-refractivity contribution in [1.29, 1.82) is 0 Å². The molecule has 0 bridgehead atoms. The minimum Gasteiger partial charge on any atom is -0.494 e. The van der Waals surface area contributed by atoms with Gasteiger partial charge in [-0.05, 0) is 68.0 Å². The van der Waals surface area contributed by atoms with Gasteiger partial charge in [-0.1, -0.05) is 55.8 Å². The molecular weight excluding hydrogens is 484 g/mol. The molecule has 2 aliphatic heterocycles. The number of nitrogens with zero attached hydrogens (tertiary/aromatic N) is 3. The third kappa shape index (κ3) is 4.11. The van der Waals surface area contributed by atoms with Gasteiger partial charge >= 0.3 is 0 Å². The summed E-state index contributed by atoms with van der Waals surface area (Å²) in [6.07, 6.45) is 6.83. The molecule has 6 rings (SSSR count). The highest BCUT2D eigenvalue weighted by Gasteiger charge is 2.57. The van der Waals surface area contributed by atoms with Crippen LogP contribution >= 0.6 is 0 Å². The molecule has 6 heteroatoms. The molecule has 1 atom stereocenters. The number of hydrogen-bond acceptors (Lipinski definition) is 4. The average Bonchev–Trinajstić information content (AvgIpc) is 3.44. The molecule has 1 saturated heterocycles. The van der Waals surface area contributed by atoms with Crippen molar-refractivity contribution in [2.75, 3.05) is 18.1 Å². The molecule has 4 aromatic rings. The van der Waals surface area contributed by atoms with Gasteiger partial charge in [0.2, 0.25) is 5.91 Å². The van der Waals surface area contributed by atoms with E-state index < -0.39 is 5.66 Å². The number of benzene rings is 3. The highest BCUT2D eigenvalue weighted by atomic mass is 16.5. The number of carbonyl (C=O) groups is 1. The summed E-state index contributed by atoms with van der Waals surface area (Å²) in [4.78, 5) is 15.2. The summed E-state index contributed by atoms with van der Waals surface area (Å²) in [5.74, 6) is 0.904. The smallest absolute Gasteiger partial charge is 0.223 e. The lowest BCUT2D eigenvalue weighted by Gasteiger charge is -2.49. The van der Waals surface area contributed by atoms with Crippen LogP contribution < -0.4 is 15.0 Å². The third-order valence-corrected chi connectivity index (χ3v) is 8.09. The molecule has 0 aliphatic carbocycles. The number of nitrogens with one attached hydrogen (secondary N) is 1. The maximum absolute atomic E-state index is 12.9. The van der Waals surface area contributed by atoms with Gasteiger partial charge in [0.15, 0.2) is 0 Å². The number of hydrogen-bond donors (Lipinski definition) is 1. The zero-order chi connectivity index (χ0) is 27.2. The molecule has 1 amide bonds. The van der Waals surface area contributed by atoms with E-state index in [9.17, 15) is 4.79 Å². The number of aromatic nitrogens is 2. The van der Waals surface area contributed by atoms with Gasteiger partial charge in [-0.3, -0.25) is 4.79 Å². The number of fused-ring (bicyclic) bond motifs is 3. The molecular formula is C33H34N4O2. The van der Waals surface area contributed by atoms with Crippen molar-refractivity contribution in [2.45, 2.75) is 45.2 Å². The van der Waals surface area contributed by atoms with Crippen molar-refractivity contribution in [1.82, 2.24) is 15.1 Å². The van der Waals surface area contributed by atoms with E-state index >= 15 is 0 Å². The van der Waals surface area contributed by atoms with E-state index in [1.165, 1.54) is 16.8 Å². The number of para-hydroxylation sites is 1. The van der Waals surface area contributed by atoms with Gasteiger partial charge in [0, 0.05) is 41.4 Å². The number of rotatable bonds is 6. The van der Waals surface area contributed by atoms with E-state index in [2.05, 4.69) is 67.5 Å². The summed E-state index contributed by atoms with van der Waals surface area (Å²) < 4.78 is 7.58. The second-order valence-corrected chi connectivity index (χ2v) is 10.9. The van der Waals surface area contributed by atoms with Crippen LogP contribution in [0.2, 0.25) is 0 Å². The molecule has 3 heterocycles. The summed E-state index contributed by atoms with van der Waals surface area (Å²) in [7, 11) is 0. The molecule has 198 valence electrons. The van der Waals surface area contributed by atoms with Crippen LogP contribution in [0.5, 0.6) is 5.75 Å². The first-order valence-electron chi connectivity index (χ1n) is 13.6. The number of carbonyl (C=O) groups excluding carboxylic acids is 1. The Kier molecular flexibility index (Phi) is 6.06. The molecule has 2 aliphatic rings. The Hall–Kier alpha value is -4.32. The van der Waals surface area contributed by atoms with E-state index in [0.29, 0.717) is 19.6 Å². The molecule has 0 radical (unpaired) electrons. The zero-order valence-corrected chi connectivity index (χ0v) is 22.9. The quantitative estimate of drug-likeness (QED) is 0.327. The van der Waals surface area contributed by atoms with Crippen LogP contribution in [0, 0.1) is 6.92 Å². The Labute approximate surface area is 229 Å². The highest BCUT2D eigenvalue weighted by molar-refractivity contribution is 5.85. The van der Waals surface area contributed by atoms with E-state index in [1.807, 2.05) is 66.2 Å². The third-order valence-electron chi connectivity index (χ3n) is 8.09. The van der Waals surface area contributed by atoms with Crippen molar-refractivity contribution in [2.24, 2.45) is 0 Å². The second kappa shape index (κ2) is 9.45. The van der Waals surface area contributed by atoms with Gasteiger partial charge in [0.1, 0.15) is 11.4 Å². The Balaban J connectivity index is 1.47. The van der Waals surface area contributed by atoms with Crippen LogP contribution in [0.4, 0.5) is 5.69 Å². The molecule has 1 unspecified atom stereocenters. The van der Waals surface area contributed by atoms with Gasteiger partial charge in [-0.25, -0.2) is 4.68 Å². The van der Waals surface area contributed by atoms with E-state index in [1.54, 1.807) is 0 Å². The van der Waals surface area contributed by atoms with Gasteiger partial charge in [0.25, 0.3) is 0 Å². The van der Waals surface area contributed by atoms with Crippen LogP contribution in [0.3, 0.4) is 0 Å². The SMILES string of the molecule is CCOc1ccc(-c2nn(-c3ccccc3)cc2/C=C/C23NC(=O)CCN2c2ccc(C)cc2C3(C)C)cc1. The fourth-order valence-corrected chi connectivity index (χ4v) is 6.00. The summed E-state index contributed by atoms with van der Waals surface area (Å²) in [5, 5.41) is 8.39. The first-order chi connectivity index (χ1) is 18.8.